The Bertz CT molecular complexity index is 439. The van der Waals surface area contributed by atoms with Crippen LogP contribution in [-0.4, -0.2) is 14.8 Å². The molecule has 2 heterocycles. The monoisotopic (exact) mass is 170 g/mol. The molecule has 0 unspecified atom stereocenters. The summed E-state index contributed by atoms with van der Waals surface area (Å²) in [6.07, 6.45) is 5.04. The second-order valence-corrected chi connectivity index (χ2v) is 2.44. The van der Waals surface area contributed by atoms with E-state index in [1.807, 2.05) is 0 Å². The van der Waals surface area contributed by atoms with Crippen molar-refractivity contribution < 1.29 is 0 Å². The average Bonchev–Trinajstić information content (AvgIpc) is 2.70. The zero-order valence-electron chi connectivity index (χ0n) is 6.75. The van der Waals surface area contributed by atoms with Gasteiger partial charge in [-0.25, -0.2) is 9.67 Å². The van der Waals surface area contributed by atoms with Gasteiger partial charge in [-0.3, -0.25) is 0 Å². The van der Waals surface area contributed by atoms with Gasteiger partial charge in [0.05, 0.1) is 5.56 Å². The molecule has 2 rings (SSSR count). The lowest BCUT2D eigenvalue weighted by molar-refractivity contribution is 0.843. The number of aromatic nitrogens is 3. The molecule has 0 aromatic carbocycles. The van der Waals surface area contributed by atoms with Crippen LogP contribution >= 0.6 is 0 Å². The minimum absolute atomic E-state index is 0.520. The molecular weight excluding hydrogens is 164 g/mol. The Morgan fingerprint density at radius 2 is 2.23 bits per heavy atom. The number of nitriles is 1. The van der Waals surface area contributed by atoms with Gasteiger partial charge in [0.2, 0.25) is 0 Å². The van der Waals surface area contributed by atoms with E-state index in [1.54, 1.807) is 41.5 Å². The van der Waals surface area contributed by atoms with Gasteiger partial charge in [-0.1, -0.05) is 0 Å². The SMILES string of the molecule is N#Cc1cccnc1-n1cccn1. The zero-order valence-corrected chi connectivity index (χ0v) is 6.75. The van der Waals surface area contributed by atoms with Gasteiger partial charge in [-0.15, -0.1) is 0 Å². The number of rotatable bonds is 1. The van der Waals surface area contributed by atoms with Crippen molar-refractivity contribution in [1.29, 1.82) is 5.26 Å². The third kappa shape index (κ3) is 1.27. The van der Waals surface area contributed by atoms with E-state index in [2.05, 4.69) is 16.2 Å². The Morgan fingerprint density at radius 3 is 2.92 bits per heavy atom. The van der Waals surface area contributed by atoms with Crippen molar-refractivity contribution in [2.24, 2.45) is 0 Å². The van der Waals surface area contributed by atoms with Gasteiger partial charge in [0.15, 0.2) is 5.82 Å². The van der Waals surface area contributed by atoms with Crippen molar-refractivity contribution in [1.82, 2.24) is 14.8 Å². The van der Waals surface area contributed by atoms with Gasteiger partial charge in [0, 0.05) is 18.6 Å². The molecule has 13 heavy (non-hydrogen) atoms. The first-order valence-electron chi connectivity index (χ1n) is 3.77. The van der Waals surface area contributed by atoms with Crippen LogP contribution in [-0.2, 0) is 0 Å². The van der Waals surface area contributed by atoms with Crippen LogP contribution in [0.4, 0.5) is 0 Å². The van der Waals surface area contributed by atoms with E-state index in [4.69, 9.17) is 5.26 Å². The minimum Gasteiger partial charge on any atom is -0.236 e. The predicted molar refractivity (Wildman–Crippen MR) is 46.1 cm³/mol. The highest BCUT2D eigenvalue weighted by molar-refractivity contribution is 5.42. The fourth-order valence-electron chi connectivity index (χ4n) is 1.06. The quantitative estimate of drug-likeness (QED) is 0.644. The van der Waals surface area contributed by atoms with Crippen LogP contribution in [0, 0.1) is 11.3 Å². The topological polar surface area (TPSA) is 54.5 Å². The summed E-state index contributed by atoms with van der Waals surface area (Å²) in [5.74, 6) is 0.565. The highest BCUT2D eigenvalue weighted by Crippen LogP contribution is 2.07. The third-order valence-electron chi connectivity index (χ3n) is 1.63. The Kier molecular flexibility index (Phi) is 1.77. The normalized spacial score (nSPS) is 9.46. The van der Waals surface area contributed by atoms with E-state index in [-0.39, 0.29) is 0 Å². The van der Waals surface area contributed by atoms with Crippen molar-refractivity contribution in [3.63, 3.8) is 0 Å². The van der Waals surface area contributed by atoms with Crippen LogP contribution in [0.3, 0.4) is 0 Å². The molecule has 0 aliphatic rings. The molecule has 0 spiro atoms. The fraction of sp³-hybridized carbons (Fsp3) is 0. The summed E-state index contributed by atoms with van der Waals surface area (Å²) in [6.45, 7) is 0. The molecule has 0 atom stereocenters. The molecule has 4 nitrogen and oxygen atoms in total. The predicted octanol–water partition coefficient (Wildman–Crippen LogP) is 1.14. The largest absolute Gasteiger partial charge is 0.236 e. The van der Waals surface area contributed by atoms with Crippen LogP contribution in [0.25, 0.3) is 5.82 Å². The lowest BCUT2D eigenvalue weighted by Gasteiger charge is -2.00. The van der Waals surface area contributed by atoms with Crippen molar-refractivity contribution in [2.75, 3.05) is 0 Å². The van der Waals surface area contributed by atoms with Crippen LogP contribution in [0.5, 0.6) is 0 Å². The highest BCUT2D eigenvalue weighted by Gasteiger charge is 2.03. The summed E-state index contributed by atoms with van der Waals surface area (Å²) in [7, 11) is 0. The number of nitrogens with zero attached hydrogens (tertiary/aromatic N) is 4. The number of hydrogen-bond donors (Lipinski definition) is 0. The van der Waals surface area contributed by atoms with Gasteiger partial charge >= 0.3 is 0 Å². The Labute approximate surface area is 75.1 Å². The maximum atomic E-state index is 8.79. The maximum Gasteiger partial charge on any atom is 0.171 e. The molecule has 0 saturated carbocycles. The second kappa shape index (κ2) is 3.07. The summed E-state index contributed by atoms with van der Waals surface area (Å²) >= 11 is 0. The molecule has 0 fully saturated rings. The lowest BCUT2D eigenvalue weighted by Crippen LogP contribution is -2.00. The van der Waals surface area contributed by atoms with Gasteiger partial charge in [-0.05, 0) is 18.2 Å². The highest BCUT2D eigenvalue weighted by atomic mass is 15.3. The van der Waals surface area contributed by atoms with Crippen molar-refractivity contribution in [3.8, 4) is 11.9 Å². The number of pyridine rings is 1. The van der Waals surface area contributed by atoms with Crippen LogP contribution in [0.2, 0.25) is 0 Å². The molecule has 2 aromatic heterocycles. The Hall–Kier alpha value is -2.15. The van der Waals surface area contributed by atoms with Gasteiger partial charge in [-0.2, -0.15) is 10.4 Å². The molecule has 0 aliphatic carbocycles. The molecule has 0 N–H and O–H groups in total. The van der Waals surface area contributed by atoms with E-state index < -0.39 is 0 Å². The van der Waals surface area contributed by atoms with Crippen LogP contribution < -0.4 is 0 Å². The van der Waals surface area contributed by atoms with E-state index in [1.165, 1.54) is 0 Å². The summed E-state index contributed by atoms with van der Waals surface area (Å²) < 4.78 is 1.57. The molecule has 0 amide bonds. The van der Waals surface area contributed by atoms with Crippen molar-refractivity contribution in [3.05, 3.63) is 42.4 Å². The maximum absolute atomic E-state index is 8.79. The van der Waals surface area contributed by atoms with E-state index in [0.717, 1.165) is 0 Å². The fourth-order valence-corrected chi connectivity index (χ4v) is 1.06. The summed E-state index contributed by atoms with van der Waals surface area (Å²) in [6, 6.07) is 7.29. The minimum atomic E-state index is 0.520. The van der Waals surface area contributed by atoms with Gasteiger partial charge in [0.25, 0.3) is 0 Å². The van der Waals surface area contributed by atoms with Crippen molar-refractivity contribution in [2.45, 2.75) is 0 Å². The molecule has 0 radical (unpaired) electrons. The van der Waals surface area contributed by atoms with Gasteiger partial charge in [0.1, 0.15) is 6.07 Å². The summed E-state index contributed by atoms with van der Waals surface area (Å²) in [5.41, 5.74) is 0.520. The van der Waals surface area contributed by atoms with E-state index in [0.29, 0.717) is 11.4 Å². The molecular formula is C9H6N4. The average molecular weight is 170 g/mol. The smallest absolute Gasteiger partial charge is 0.171 e. The molecule has 0 aliphatic heterocycles. The summed E-state index contributed by atoms with van der Waals surface area (Å²) in [5, 5.41) is 12.8. The summed E-state index contributed by atoms with van der Waals surface area (Å²) in [4.78, 5) is 4.07. The first-order chi connectivity index (χ1) is 6.42. The van der Waals surface area contributed by atoms with Gasteiger partial charge < -0.3 is 0 Å². The van der Waals surface area contributed by atoms with Crippen LogP contribution in [0.1, 0.15) is 5.56 Å². The second-order valence-electron chi connectivity index (χ2n) is 2.44. The molecule has 0 bridgehead atoms. The first kappa shape index (κ1) is 7.50. The third-order valence-corrected chi connectivity index (χ3v) is 1.63. The lowest BCUT2D eigenvalue weighted by atomic mass is 10.3. The molecule has 62 valence electrons. The Morgan fingerprint density at radius 1 is 1.31 bits per heavy atom. The van der Waals surface area contributed by atoms with Crippen molar-refractivity contribution >= 4 is 0 Å². The number of hydrogen-bond acceptors (Lipinski definition) is 3. The van der Waals surface area contributed by atoms with Crippen LogP contribution in [0.15, 0.2) is 36.8 Å². The molecule has 4 heteroatoms. The van der Waals surface area contributed by atoms with E-state index >= 15 is 0 Å². The molecule has 2 aromatic rings. The zero-order chi connectivity index (χ0) is 9.10. The van der Waals surface area contributed by atoms with E-state index in [9.17, 15) is 0 Å². The molecule has 0 saturated heterocycles. The standard InChI is InChI=1S/C9H6N4/c10-7-8-3-1-4-11-9(8)13-6-2-5-12-13/h1-6H. The Balaban J connectivity index is 2.59. The first-order valence-corrected chi connectivity index (χ1v) is 3.77.